The first-order chi connectivity index (χ1) is 10.4. The van der Waals surface area contributed by atoms with Gasteiger partial charge in [-0.15, -0.1) is 6.58 Å². The second kappa shape index (κ2) is 7.07. The third-order valence-electron chi connectivity index (χ3n) is 4.92. The molecule has 0 spiro atoms. The Hall–Kier alpha value is -0.653. The van der Waals surface area contributed by atoms with Crippen molar-refractivity contribution in [2.24, 2.45) is 11.3 Å². The average Bonchev–Trinajstić information content (AvgIpc) is 2.92. The largest absolute Gasteiger partial charge is 0.417 e. The van der Waals surface area contributed by atoms with Crippen molar-refractivity contribution in [3.8, 4) is 0 Å². The van der Waals surface area contributed by atoms with Gasteiger partial charge < -0.3 is 14.1 Å². The van der Waals surface area contributed by atoms with Gasteiger partial charge in [-0.05, 0) is 31.7 Å². The van der Waals surface area contributed by atoms with Gasteiger partial charge in [0.15, 0.2) is 9.76 Å². The van der Waals surface area contributed by atoms with Crippen molar-refractivity contribution in [1.82, 2.24) is 4.90 Å². The van der Waals surface area contributed by atoms with Crippen LogP contribution in [0.1, 0.15) is 55.4 Å². The zero-order valence-electron chi connectivity index (χ0n) is 16.2. The third-order valence-corrected chi connectivity index (χ3v) is 6.65. The zero-order valence-corrected chi connectivity index (χ0v) is 17.6. The molecule has 0 saturated carbocycles. The molecule has 0 aliphatic carbocycles. The highest BCUT2D eigenvalue weighted by molar-refractivity contribution is 6.31. The van der Waals surface area contributed by atoms with Gasteiger partial charge in [0.2, 0.25) is 5.91 Å². The van der Waals surface area contributed by atoms with Crippen LogP contribution in [0.15, 0.2) is 12.7 Å². The van der Waals surface area contributed by atoms with Gasteiger partial charge in [-0.2, -0.15) is 0 Å². The van der Waals surface area contributed by atoms with Crippen molar-refractivity contribution in [2.45, 2.75) is 72.1 Å². The van der Waals surface area contributed by atoms with Crippen LogP contribution in [0.4, 0.5) is 0 Å². The van der Waals surface area contributed by atoms with Gasteiger partial charge >= 0.3 is 0 Å². The molecule has 1 rings (SSSR count). The number of hydrogen-bond donors (Lipinski definition) is 0. The van der Waals surface area contributed by atoms with Gasteiger partial charge in [0, 0.05) is 0 Å². The maximum absolute atomic E-state index is 13.3. The molecule has 0 radical (unpaired) electrons. The second-order valence-electron chi connectivity index (χ2n) is 8.85. The normalized spacial score (nSPS) is 22.8. The summed E-state index contributed by atoms with van der Waals surface area (Å²) >= 11 is 0. The number of amides is 1. The van der Waals surface area contributed by atoms with Crippen molar-refractivity contribution < 1.29 is 14.0 Å². The Kier molecular flexibility index (Phi) is 6.27. The van der Waals surface area contributed by atoms with Crippen LogP contribution in [-0.2, 0) is 14.0 Å². The average molecular weight is 342 g/mol. The van der Waals surface area contributed by atoms with E-state index in [2.05, 4.69) is 41.2 Å². The van der Waals surface area contributed by atoms with E-state index < -0.39 is 20.8 Å². The molecule has 1 saturated heterocycles. The first-order valence-corrected chi connectivity index (χ1v) is 9.80. The summed E-state index contributed by atoms with van der Waals surface area (Å²) in [4.78, 5) is 15.2. The highest BCUT2D eigenvalue weighted by Crippen LogP contribution is 2.40. The summed E-state index contributed by atoms with van der Waals surface area (Å²) in [5.74, 6) is 0.417. The molecule has 2 atom stereocenters. The van der Waals surface area contributed by atoms with Crippen LogP contribution in [0.2, 0.25) is 5.04 Å². The summed E-state index contributed by atoms with van der Waals surface area (Å²) in [6.45, 7) is 21.7. The van der Waals surface area contributed by atoms with Crippen molar-refractivity contribution >= 4 is 15.7 Å². The first-order valence-electron chi connectivity index (χ1n) is 8.52. The number of nitrogens with zero attached hydrogens (tertiary/aromatic N) is 1. The summed E-state index contributed by atoms with van der Waals surface area (Å²) < 4.78 is 11.9. The SMILES string of the molecule is C=C[C@@](C)(C(=O)N1COC[C@H]1C(C)C)C(C)(C)O[SiH2]C(C)(C)C. The number of ether oxygens (including phenoxy) is 1. The molecule has 23 heavy (non-hydrogen) atoms. The summed E-state index contributed by atoms with van der Waals surface area (Å²) in [5, 5.41) is 0.180. The summed E-state index contributed by atoms with van der Waals surface area (Å²) in [5.41, 5.74) is -1.36. The van der Waals surface area contributed by atoms with E-state index in [0.717, 1.165) is 0 Å². The molecule has 0 unspecified atom stereocenters. The monoisotopic (exact) mass is 341 g/mol. The summed E-state index contributed by atoms with van der Waals surface area (Å²) in [6, 6.07) is 0.123. The molecule has 0 bridgehead atoms. The lowest BCUT2D eigenvalue weighted by atomic mass is 9.74. The minimum absolute atomic E-state index is 0.0524. The van der Waals surface area contributed by atoms with Gasteiger partial charge in [-0.1, -0.05) is 40.7 Å². The van der Waals surface area contributed by atoms with E-state index in [-0.39, 0.29) is 17.0 Å². The number of carbonyl (C=O) groups excluding carboxylic acids is 1. The smallest absolute Gasteiger partial charge is 0.237 e. The predicted molar refractivity (Wildman–Crippen MR) is 98.0 cm³/mol. The Morgan fingerprint density at radius 3 is 2.30 bits per heavy atom. The highest BCUT2D eigenvalue weighted by Gasteiger charge is 2.50. The van der Waals surface area contributed by atoms with Gasteiger partial charge in [0.1, 0.15) is 6.73 Å². The van der Waals surface area contributed by atoms with Crippen LogP contribution >= 0.6 is 0 Å². The van der Waals surface area contributed by atoms with E-state index >= 15 is 0 Å². The van der Waals surface area contributed by atoms with Crippen LogP contribution in [-0.4, -0.2) is 45.6 Å². The fourth-order valence-corrected chi connectivity index (χ4v) is 3.75. The molecule has 0 N–H and O–H groups in total. The van der Waals surface area contributed by atoms with Gasteiger partial charge in [-0.3, -0.25) is 4.79 Å². The molecule has 1 heterocycles. The standard InChI is InChI=1S/C18H35NO3Si/c1-10-18(9,17(7,8)22-23-16(4,5)6)15(20)19-12-21-11-14(19)13(2)3/h10,13-14H,1,11-12,23H2,2-9H3/t14-,18-/m0/s1. The topological polar surface area (TPSA) is 38.8 Å². The van der Waals surface area contributed by atoms with Crippen LogP contribution < -0.4 is 0 Å². The lowest BCUT2D eigenvalue weighted by molar-refractivity contribution is -0.151. The molecule has 1 aliphatic heterocycles. The molecule has 0 aromatic carbocycles. The molecule has 1 fully saturated rings. The molecule has 134 valence electrons. The molecular formula is C18H35NO3Si. The van der Waals surface area contributed by atoms with E-state index in [1.807, 2.05) is 25.7 Å². The maximum atomic E-state index is 13.3. The van der Waals surface area contributed by atoms with Gasteiger partial charge in [0.25, 0.3) is 0 Å². The number of rotatable bonds is 6. The summed E-state index contributed by atoms with van der Waals surface area (Å²) in [7, 11) is -0.776. The van der Waals surface area contributed by atoms with Crippen LogP contribution in [0.3, 0.4) is 0 Å². The second-order valence-corrected chi connectivity index (χ2v) is 11.6. The van der Waals surface area contributed by atoms with Crippen molar-refractivity contribution in [3.05, 3.63) is 12.7 Å². The van der Waals surface area contributed by atoms with E-state index in [1.165, 1.54) is 0 Å². The fraction of sp³-hybridized carbons (Fsp3) is 0.833. The molecular weight excluding hydrogens is 306 g/mol. The number of carbonyl (C=O) groups is 1. The Morgan fingerprint density at radius 1 is 1.30 bits per heavy atom. The molecule has 0 aromatic heterocycles. The summed E-state index contributed by atoms with van der Waals surface area (Å²) in [6.07, 6.45) is 1.75. The van der Waals surface area contributed by atoms with Crippen molar-refractivity contribution in [2.75, 3.05) is 13.3 Å². The van der Waals surface area contributed by atoms with Crippen molar-refractivity contribution in [1.29, 1.82) is 0 Å². The van der Waals surface area contributed by atoms with Gasteiger partial charge in [0.05, 0.1) is 23.7 Å². The van der Waals surface area contributed by atoms with E-state index in [1.54, 1.807) is 6.08 Å². The quantitative estimate of drug-likeness (QED) is 0.550. The van der Waals surface area contributed by atoms with Crippen LogP contribution in [0, 0.1) is 11.3 Å². The molecule has 5 heteroatoms. The van der Waals surface area contributed by atoms with Gasteiger partial charge in [-0.25, -0.2) is 0 Å². The lowest BCUT2D eigenvalue weighted by Crippen LogP contribution is -2.56. The Balaban J connectivity index is 3.02. The number of hydrogen-bond acceptors (Lipinski definition) is 3. The Labute approximate surface area is 144 Å². The zero-order chi connectivity index (χ0) is 18.1. The minimum atomic E-state index is -0.776. The minimum Gasteiger partial charge on any atom is -0.417 e. The Bertz CT molecular complexity index is 442. The van der Waals surface area contributed by atoms with E-state index in [9.17, 15) is 4.79 Å². The fourth-order valence-electron chi connectivity index (χ4n) is 2.65. The van der Waals surface area contributed by atoms with E-state index in [0.29, 0.717) is 19.3 Å². The van der Waals surface area contributed by atoms with E-state index in [4.69, 9.17) is 9.16 Å². The first kappa shape index (κ1) is 20.4. The molecule has 1 aliphatic rings. The van der Waals surface area contributed by atoms with Crippen molar-refractivity contribution in [3.63, 3.8) is 0 Å². The molecule has 4 nitrogen and oxygen atoms in total. The lowest BCUT2D eigenvalue weighted by Gasteiger charge is -2.45. The predicted octanol–water partition coefficient (Wildman–Crippen LogP) is 3.12. The Morgan fingerprint density at radius 2 is 1.87 bits per heavy atom. The van der Waals surface area contributed by atoms with Crippen LogP contribution in [0.5, 0.6) is 0 Å². The third kappa shape index (κ3) is 4.46. The van der Waals surface area contributed by atoms with Crippen LogP contribution in [0.25, 0.3) is 0 Å². The molecule has 1 amide bonds. The maximum Gasteiger partial charge on any atom is 0.237 e. The highest BCUT2D eigenvalue weighted by atomic mass is 28.2. The molecule has 0 aromatic rings.